The first-order valence-electron chi connectivity index (χ1n) is 0.698. The average Bonchev–Trinajstić information content (AvgIpc) is 0.722. The van der Waals surface area contributed by atoms with E-state index in [1.807, 2.05) is 0 Å². The van der Waals surface area contributed by atoms with Crippen LogP contribution in [0.5, 0.6) is 0 Å². The molecule has 0 radical (unpaired) electrons. The fraction of sp³-hybridized carbons (Fsp3) is 0. The Hall–Kier alpha value is 0.999. The van der Waals surface area contributed by atoms with Crippen molar-refractivity contribution in [1.82, 2.24) is 0 Å². The van der Waals surface area contributed by atoms with Gasteiger partial charge in [-0.15, -0.1) is 0 Å². The number of rotatable bonds is 0. The van der Waals surface area contributed by atoms with E-state index in [0.717, 1.165) is 0 Å². The first-order chi connectivity index (χ1) is 2.00. The summed E-state index contributed by atoms with van der Waals surface area (Å²) >= 11 is -5.25. The summed E-state index contributed by atoms with van der Waals surface area (Å²) in [5.74, 6) is 0. The predicted molar refractivity (Wildman–Crippen MR) is 22.3 cm³/mol. The van der Waals surface area contributed by atoms with Gasteiger partial charge in [0, 0.05) is 0 Å². The standard InChI is InChI=1S/Na.H2O4Se.H2O.H/c;1-5(2,3)4;;/h;(H2,1,2,3,4);1H2;. The molecule has 0 rings (SSSR count). The summed E-state index contributed by atoms with van der Waals surface area (Å²) in [6.07, 6.45) is 0. The van der Waals surface area contributed by atoms with Crippen LogP contribution in [0.2, 0.25) is 0 Å². The van der Waals surface area contributed by atoms with Crippen LogP contribution in [-0.4, -0.2) is 56.8 Å². The van der Waals surface area contributed by atoms with Gasteiger partial charge in [0.15, 0.2) is 0 Å². The van der Waals surface area contributed by atoms with Crippen LogP contribution in [0.4, 0.5) is 0 Å². The molecule has 0 amide bonds. The predicted octanol–water partition coefficient (Wildman–Crippen LogP) is -3.21. The number of hydrogen-bond donors (Lipinski definition) is 2. The normalized spacial score (nSPS) is 8.29. The Morgan fingerprint density at radius 1 is 1.14 bits per heavy atom. The van der Waals surface area contributed by atoms with Gasteiger partial charge in [-0.3, -0.25) is 0 Å². The Balaban J connectivity index is -0.0000000800. The van der Waals surface area contributed by atoms with Gasteiger partial charge in [0.2, 0.25) is 0 Å². The van der Waals surface area contributed by atoms with Crippen LogP contribution in [0.1, 0.15) is 0 Å². The van der Waals surface area contributed by atoms with E-state index < -0.39 is 13.4 Å². The van der Waals surface area contributed by atoms with Crippen molar-refractivity contribution < 1.29 is 21.5 Å². The molecule has 0 aromatic carbocycles. The molecule has 0 heterocycles. The van der Waals surface area contributed by atoms with E-state index in [1.54, 1.807) is 0 Å². The quantitative estimate of drug-likeness (QED) is 0.389. The third-order valence-electron chi connectivity index (χ3n) is 0. The Kier molecular flexibility index (Phi) is 11.5. The molecule has 0 bridgehead atoms. The van der Waals surface area contributed by atoms with Crippen molar-refractivity contribution in [2.45, 2.75) is 0 Å². The van der Waals surface area contributed by atoms with E-state index in [9.17, 15) is 0 Å². The minimum atomic E-state index is -5.25. The molecule has 0 atom stereocenters. The minimum absolute atomic E-state index is 0. The van der Waals surface area contributed by atoms with Gasteiger partial charge < -0.3 is 5.48 Å². The molecular formula is H5NaO5Se. The van der Waals surface area contributed by atoms with Gasteiger partial charge in [0.05, 0.1) is 0 Å². The van der Waals surface area contributed by atoms with Gasteiger partial charge in [-0.25, -0.2) is 0 Å². The summed E-state index contributed by atoms with van der Waals surface area (Å²) in [6, 6.07) is 0. The van der Waals surface area contributed by atoms with Gasteiger partial charge in [-0.05, 0) is 0 Å². The van der Waals surface area contributed by atoms with Crippen molar-refractivity contribution in [1.29, 1.82) is 0 Å². The molecule has 0 aliphatic heterocycles. The Bertz CT molecular complexity index is 91.2. The molecule has 0 spiro atoms. The summed E-state index contributed by atoms with van der Waals surface area (Å²) in [4.78, 5) is 0. The van der Waals surface area contributed by atoms with Crippen LogP contribution in [-0.2, 0) is 7.67 Å². The molecule has 0 aliphatic carbocycles. The molecule has 42 valence electrons. The van der Waals surface area contributed by atoms with E-state index >= 15 is 0 Å². The second-order valence-electron chi connectivity index (χ2n) is 0.448. The molecule has 7 heavy (non-hydrogen) atoms. The average molecular weight is 187 g/mol. The summed E-state index contributed by atoms with van der Waals surface area (Å²) in [5, 5.41) is 0. The van der Waals surface area contributed by atoms with Crippen LogP contribution < -0.4 is 0 Å². The van der Waals surface area contributed by atoms with Crippen LogP contribution in [0.15, 0.2) is 0 Å². The van der Waals surface area contributed by atoms with Crippen molar-refractivity contribution in [3.8, 4) is 0 Å². The zero-order valence-corrected chi connectivity index (χ0v) is 4.33. The van der Waals surface area contributed by atoms with Crippen molar-refractivity contribution in [3.05, 3.63) is 0 Å². The molecule has 7 heteroatoms. The van der Waals surface area contributed by atoms with Gasteiger partial charge in [-0.2, -0.15) is 0 Å². The first-order valence-corrected chi connectivity index (χ1v) is 3.63. The molecule has 5 nitrogen and oxygen atoms in total. The topological polar surface area (TPSA) is 106 Å². The Morgan fingerprint density at radius 2 is 1.14 bits per heavy atom. The monoisotopic (exact) mass is 188 g/mol. The van der Waals surface area contributed by atoms with Crippen molar-refractivity contribution in [3.63, 3.8) is 0 Å². The molecule has 0 saturated heterocycles. The Morgan fingerprint density at radius 3 is 1.14 bits per heavy atom. The second kappa shape index (κ2) is 5.14. The molecular weight excluding hydrogens is 182 g/mol. The molecule has 0 aromatic rings. The van der Waals surface area contributed by atoms with Crippen molar-refractivity contribution in [2.75, 3.05) is 0 Å². The van der Waals surface area contributed by atoms with Gasteiger partial charge >= 0.3 is 59.0 Å². The maximum absolute atomic E-state index is 8.82. The molecule has 4 N–H and O–H groups in total. The summed E-state index contributed by atoms with van der Waals surface area (Å²) in [5.41, 5.74) is 0. The van der Waals surface area contributed by atoms with Gasteiger partial charge in [0.1, 0.15) is 0 Å². The molecule has 0 aromatic heterocycles. The third-order valence-corrected chi connectivity index (χ3v) is 0. The van der Waals surface area contributed by atoms with E-state index in [0.29, 0.717) is 0 Å². The zero-order chi connectivity index (χ0) is 4.50. The fourth-order valence-electron chi connectivity index (χ4n) is 0. The molecule has 0 unspecified atom stereocenters. The van der Waals surface area contributed by atoms with Crippen LogP contribution in [0.25, 0.3) is 0 Å². The van der Waals surface area contributed by atoms with Crippen LogP contribution in [0, 0.1) is 0 Å². The zero-order valence-electron chi connectivity index (χ0n) is 2.62. The van der Waals surface area contributed by atoms with Gasteiger partial charge in [0.25, 0.3) is 0 Å². The molecule has 0 fully saturated rings. The van der Waals surface area contributed by atoms with E-state index in [1.165, 1.54) is 0 Å². The van der Waals surface area contributed by atoms with E-state index in [2.05, 4.69) is 0 Å². The first kappa shape index (κ1) is 15.7. The second-order valence-corrected chi connectivity index (χ2v) is 2.33. The third kappa shape index (κ3) is 175. The SMILES string of the molecule is O.O=[Se](=O)(O)O.[NaH]. The van der Waals surface area contributed by atoms with Crippen LogP contribution in [0.3, 0.4) is 0 Å². The molecule has 0 aliphatic rings. The summed E-state index contributed by atoms with van der Waals surface area (Å²) in [7, 11) is 0. The fourth-order valence-corrected chi connectivity index (χ4v) is 0. The van der Waals surface area contributed by atoms with Crippen molar-refractivity contribution in [2.24, 2.45) is 0 Å². The summed E-state index contributed by atoms with van der Waals surface area (Å²) in [6.45, 7) is 0. The van der Waals surface area contributed by atoms with Crippen molar-refractivity contribution >= 4 is 42.9 Å². The maximum atomic E-state index is 8.82. The molecule has 0 saturated carbocycles. The van der Waals surface area contributed by atoms with Crippen LogP contribution >= 0.6 is 0 Å². The van der Waals surface area contributed by atoms with E-state index in [-0.39, 0.29) is 35.0 Å². The van der Waals surface area contributed by atoms with E-state index in [4.69, 9.17) is 16.0 Å². The Labute approximate surface area is 64.2 Å². The van der Waals surface area contributed by atoms with Gasteiger partial charge in [-0.1, -0.05) is 0 Å². The number of hydrogen-bond acceptors (Lipinski definition) is 2. The summed E-state index contributed by atoms with van der Waals surface area (Å²) < 4.78 is 31.9.